The molecule has 0 aliphatic rings. The molecule has 0 spiro atoms. The molecule has 2 aromatic rings. The molecule has 0 radical (unpaired) electrons. The van der Waals surface area contributed by atoms with Crippen LogP contribution in [0.15, 0.2) is 42.5 Å². The van der Waals surface area contributed by atoms with Crippen LogP contribution in [0.2, 0.25) is 0 Å². The number of ketones is 1. The normalized spacial score (nSPS) is 10.6. The Hall–Kier alpha value is -2.95. The highest BCUT2D eigenvalue weighted by Crippen LogP contribution is 2.27. The van der Waals surface area contributed by atoms with Gasteiger partial charge in [0.1, 0.15) is 23.0 Å². The fraction of sp³-hybridized carbons (Fsp3) is 0.167. The number of allylic oxidation sites excluding steroid dienone is 1. The summed E-state index contributed by atoms with van der Waals surface area (Å²) in [6, 6.07) is 9.83. The highest BCUT2D eigenvalue weighted by molar-refractivity contribution is 6.08. The van der Waals surface area contributed by atoms with Gasteiger partial charge < -0.3 is 19.3 Å². The molecule has 0 aliphatic carbocycles. The second kappa shape index (κ2) is 7.35. The predicted octanol–water partition coefficient (Wildman–Crippen LogP) is 3.31. The summed E-state index contributed by atoms with van der Waals surface area (Å²) in [5, 5.41) is 9.89. The van der Waals surface area contributed by atoms with Gasteiger partial charge in [-0.15, -0.1) is 0 Å². The molecule has 120 valence electrons. The van der Waals surface area contributed by atoms with Crippen molar-refractivity contribution >= 4 is 11.9 Å². The van der Waals surface area contributed by atoms with Crippen LogP contribution in [0.5, 0.6) is 23.0 Å². The molecule has 0 atom stereocenters. The van der Waals surface area contributed by atoms with Crippen LogP contribution in [0.1, 0.15) is 15.9 Å². The number of carbonyl (C=O) groups excluding carboxylic acids is 1. The first kappa shape index (κ1) is 16.4. The summed E-state index contributed by atoms with van der Waals surface area (Å²) in [5.74, 6) is 1.38. The zero-order chi connectivity index (χ0) is 16.8. The number of ether oxygens (including phenoxy) is 3. The van der Waals surface area contributed by atoms with Gasteiger partial charge in [0.25, 0.3) is 0 Å². The highest BCUT2D eigenvalue weighted by Gasteiger charge is 2.11. The molecule has 0 aliphatic heterocycles. The SMILES string of the molecule is COc1ccc(/C=C/C(=O)c2ccc(OC)cc2OC)c(O)c1. The minimum absolute atomic E-state index is 0.0371. The van der Waals surface area contributed by atoms with Crippen molar-refractivity contribution in [2.75, 3.05) is 21.3 Å². The smallest absolute Gasteiger partial charge is 0.189 e. The molecule has 5 heteroatoms. The van der Waals surface area contributed by atoms with E-state index in [1.807, 2.05) is 0 Å². The Morgan fingerprint density at radius 3 is 2.22 bits per heavy atom. The maximum Gasteiger partial charge on any atom is 0.189 e. The minimum atomic E-state index is -0.236. The molecule has 0 saturated carbocycles. The van der Waals surface area contributed by atoms with Gasteiger partial charge in [0.15, 0.2) is 5.78 Å². The van der Waals surface area contributed by atoms with E-state index in [0.717, 1.165) is 0 Å². The van der Waals surface area contributed by atoms with Gasteiger partial charge in [-0.3, -0.25) is 4.79 Å². The molecule has 0 amide bonds. The molecule has 2 rings (SSSR count). The first-order chi connectivity index (χ1) is 11.1. The number of aromatic hydroxyl groups is 1. The molecule has 2 aromatic carbocycles. The summed E-state index contributed by atoms with van der Waals surface area (Å²) in [6.07, 6.45) is 2.92. The van der Waals surface area contributed by atoms with Gasteiger partial charge in [-0.05, 0) is 36.4 Å². The molecule has 0 heterocycles. The van der Waals surface area contributed by atoms with E-state index in [0.29, 0.717) is 28.4 Å². The second-order valence-corrected chi connectivity index (χ2v) is 4.69. The Morgan fingerprint density at radius 2 is 1.61 bits per heavy atom. The molecule has 0 unspecified atom stereocenters. The van der Waals surface area contributed by atoms with Crippen molar-refractivity contribution < 1.29 is 24.1 Å². The molecule has 0 saturated heterocycles. The number of hydrogen-bond donors (Lipinski definition) is 1. The quantitative estimate of drug-likeness (QED) is 0.654. The van der Waals surface area contributed by atoms with Crippen molar-refractivity contribution in [1.29, 1.82) is 0 Å². The fourth-order valence-corrected chi connectivity index (χ4v) is 2.05. The Kier molecular flexibility index (Phi) is 5.25. The molecule has 0 aromatic heterocycles. The maximum atomic E-state index is 12.3. The summed E-state index contributed by atoms with van der Waals surface area (Å²) in [4.78, 5) is 12.3. The van der Waals surface area contributed by atoms with Crippen LogP contribution >= 0.6 is 0 Å². The zero-order valence-electron chi connectivity index (χ0n) is 13.2. The van der Waals surface area contributed by atoms with E-state index in [1.54, 1.807) is 43.5 Å². The van der Waals surface area contributed by atoms with E-state index in [-0.39, 0.29) is 11.5 Å². The van der Waals surface area contributed by atoms with Crippen molar-refractivity contribution in [2.45, 2.75) is 0 Å². The Balaban J connectivity index is 2.25. The lowest BCUT2D eigenvalue weighted by Crippen LogP contribution is -1.99. The van der Waals surface area contributed by atoms with Crippen LogP contribution < -0.4 is 14.2 Å². The predicted molar refractivity (Wildman–Crippen MR) is 87.6 cm³/mol. The summed E-state index contributed by atoms with van der Waals surface area (Å²) in [6.45, 7) is 0. The third-order valence-corrected chi connectivity index (χ3v) is 3.33. The number of rotatable bonds is 6. The average Bonchev–Trinajstić information content (AvgIpc) is 2.59. The molecule has 0 bridgehead atoms. The summed E-state index contributed by atoms with van der Waals surface area (Å²) in [7, 11) is 4.55. The van der Waals surface area contributed by atoms with Gasteiger partial charge in [-0.2, -0.15) is 0 Å². The minimum Gasteiger partial charge on any atom is -0.507 e. The van der Waals surface area contributed by atoms with E-state index >= 15 is 0 Å². The number of benzene rings is 2. The van der Waals surface area contributed by atoms with Gasteiger partial charge in [-0.25, -0.2) is 0 Å². The molecular weight excluding hydrogens is 296 g/mol. The van der Waals surface area contributed by atoms with Crippen LogP contribution in [-0.2, 0) is 0 Å². The van der Waals surface area contributed by atoms with Crippen molar-refractivity contribution in [3.05, 3.63) is 53.6 Å². The maximum absolute atomic E-state index is 12.3. The zero-order valence-corrected chi connectivity index (χ0v) is 13.2. The lowest BCUT2D eigenvalue weighted by molar-refractivity contribution is 0.104. The van der Waals surface area contributed by atoms with Crippen LogP contribution in [0, 0.1) is 0 Å². The van der Waals surface area contributed by atoms with E-state index in [4.69, 9.17) is 14.2 Å². The number of carbonyl (C=O) groups is 1. The van der Waals surface area contributed by atoms with Gasteiger partial charge in [0.2, 0.25) is 0 Å². The molecule has 0 fully saturated rings. The van der Waals surface area contributed by atoms with Gasteiger partial charge >= 0.3 is 0 Å². The average molecular weight is 314 g/mol. The fourth-order valence-electron chi connectivity index (χ4n) is 2.05. The Bertz CT molecular complexity index is 734. The number of hydrogen-bond acceptors (Lipinski definition) is 5. The lowest BCUT2D eigenvalue weighted by atomic mass is 10.1. The van der Waals surface area contributed by atoms with E-state index in [1.165, 1.54) is 26.4 Å². The number of phenols is 1. The molecule has 1 N–H and O–H groups in total. The van der Waals surface area contributed by atoms with Crippen LogP contribution in [0.25, 0.3) is 6.08 Å². The van der Waals surface area contributed by atoms with Crippen molar-refractivity contribution in [2.24, 2.45) is 0 Å². The van der Waals surface area contributed by atoms with Crippen LogP contribution in [0.4, 0.5) is 0 Å². The first-order valence-corrected chi connectivity index (χ1v) is 6.90. The lowest BCUT2D eigenvalue weighted by Gasteiger charge is -2.08. The molecule has 23 heavy (non-hydrogen) atoms. The molecular formula is C18H18O5. The van der Waals surface area contributed by atoms with Gasteiger partial charge in [-0.1, -0.05) is 0 Å². The van der Waals surface area contributed by atoms with Gasteiger partial charge in [0, 0.05) is 17.7 Å². The Labute approximate surface area is 134 Å². The summed E-state index contributed by atoms with van der Waals surface area (Å²) in [5.41, 5.74) is 0.934. The topological polar surface area (TPSA) is 65.0 Å². The van der Waals surface area contributed by atoms with E-state index < -0.39 is 0 Å². The third kappa shape index (κ3) is 3.83. The van der Waals surface area contributed by atoms with E-state index in [2.05, 4.69) is 0 Å². The Morgan fingerprint density at radius 1 is 0.957 bits per heavy atom. The largest absolute Gasteiger partial charge is 0.507 e. The number of methoxy groups -OCH3 is 3. The van der Waals surface area contributed by atoms with Gasteiger partial charge in [0.05, 0.1) is 26.9 Å². The monoisotopic (exact) mass is 314 g/mol. The first-order valence-electron chi connectivity index (χ1n) is 6.90. The van der Waals surface area contributed by atoms with Crippen molar-refractivity contribution in [1.82, 2.24) is 0 Å². The van der Waals surface area contributed by atoms with Crippen LogP contribution in [0.3, 0.4) is 0 Å². The van der Waals surface area contributed by atoms with Crippen molar-refractivity contribution in [3.63, 3.8) is 0 Å². The standard InChI is InChI=1S/C18H18O5/c1-21-13-6-4-12(17(20)10-13)5-9-16(19)15-8-7-14(22-2)11-18(15)23-3/h4-11,20H,1-3H3/b9-5+. The third-order valence-electron chi connectivity index (χ3n) is 3.33. The second-order valence-electron chi connectivity index (χ2n) is 4.69. The van der Waals surface area contributed by atoms with Crippen LogP contribution in [-0.4, -0.2) is 32.2 Å². The van der Waals surface area contributed by atoms with E-state index in [9.17, 15) is 9.90 Å². The molecule has 5 nitrogen and oxygen atoms in total. The van der Waals surface area contributed by atoms with Crippen molar-refractivity contribution in [3.8, 4) is 23.0 Å². The number of phenolic OH excluding ortho intramolecular Hbond substituents is 1. The summed E-state index contributed by atoms with van der Waals surface area (Å²) >= 11 is 0. The highest BCUT2D eigenvalue weighted by atomic mass is 16.5. The summed E-state index contributed by atoms with van der Waals surface area (Å²) < 4.78 is 15.3.